The second kappa shape index (κ2) is 9.44. The number of hydrogen-bond acceptors (Lipinski definition) is 4. The summed E-state index contributed by atoms with van der Waals surface area (Å²) in [6, 6.07) is 20.4. The number of hydrogen-bond donors (Lipinski definition) is 2. The number of anilines is 1. The van der Waals surface area contributed by atoms with E-state index in [9.17, 15) is 4.79 Å². The molecule has 5 heteroatoms. The number of aryl methyl sites for hydroxylation is 1. The third kappa shape index (κ3) is 4.98. The van der Waals surface area contributed by atoms with Crippen molar-refractivity contribution in [1.29, 1.82) is 0 Å². The second-order valence-corrected chi connectivity index (χ2v) is 7.69. The monoisotopic (exact) mass is 401 g/mol. The summed E-state index contributed by atoms with van der Waals surface area (Å²) in [7, 11) is 0. The number of carbonyl (C=O) groups is 1. The van der Waals surface area contributed by atoms with Crippen LogP contribution in [0.15, 0.2) is 66.9 Å². The number of fused-ring (bicyclic) bond motifs is 1. The molecular weight excluding hydrogens is 374 g/mol. The van der Waals surface area contributed by atoms with Crippen LogP contribution in [0.2, 0.25) is 0 Å². The van der Waals surface area contributed by atoms with Gasteiger partial charge in [0.05, 0.1) is 5.56 Å². The summed E-state index contributed by atoms with van der Waals surface area (Å²) in [5, 5.41) is 3.63. The molecule has 1 aliphatic carbocycles. The lowest BCUT2D eigenvalue weighted by molar-refractivity contribution is 0.0999. The Labute approximate surface area is 177 Å². The number of benzene rings is 2. The van der Waals surface area contributed by atoms with Crippen molar-refractivity contribution >= 4 is 11.6 Å². The molecule has 1 heterocycles. The first-order valence-corrected chi connectivity index (χ1v) is 10.5. The van der Waals surface area contributed by atoms with Crippen LogP contribution in [-0.2, 0) is 19.3 Å². The Kier molecular flexibility index (Phi) is 6.28. The van der Waals surface area contributed by atoms with Gasteiger partial charge in [0.25, 0.3) is 0 Å². The zero-order valence-electron chi connectivity index (χ0n) is 17.0. The number of carbonyl (C=O) groups excluding carboxylic acids is 1. The van der Waals surface area contributed by atoms with Crippen molar-refractivity contribution in [1.82, 2.24) is 4.98 Å². The summed E-state index contributed by atoms with van der Waals surface area (Å²) in [4.78, 5) is 15.4. The van der Waals surface area contributed by atoms with Gasteiger partial charge in [-0.1, -0.05) is 42.5 Å². The van der Waals surface area contributed by atoms with Gasteiger partial charge >= 0.3 is 0 Å². The van der Waals surface area contributed by atoms with Gasteiger partial charge in [-0.3, -0.25) is 4.79 Å². The normalized spacial score (nSPS) is 15.3. The number of nitrogens with two attached hydrogens (primary N) is 1. The van der Waals surface area contributed by atoms with Gasteiger partial charge in [0.15, 0.2) is 0 Å². The quantitative estimate of drug-likeness (QED) is 0.556. The number of primary amides is 1. The predicted molar refractivity (Wildman–Crippen MR) is 119 cm³/mol. The largest absolute Gasteiger partial charge is 0.474 e. The van der Waals surface area contributed by atoms with Crippen LogP contribution in [0.3, 0.4) is 0 Å². The second-order valence-electron chi connectivity index (χ2n) is 7.69. The van der Waals surface area contributed by atoms with Crippen LogP contribution in [0.1, 0.15) is 39.9 Å². The highest BCUT2D eigenvalue weighted by Crippen LogP contribution is 2.30. The predicted octanol–water partition coefficient (Wildman–Crippen LogP) is 4.16. The number of aromatic nitrogens is 1. The van der Waals surface area contributed by atoms with E-state index in [1.54, 1.807) is 12.1 Å². The molecule has 0 radical (unpaired) electrons. The van der Waals surface area contributed by atoms with Gasteiger partial charge in [-0.2, -0.15) is 0 Å². The van der Waals surface area contributed by atoms with Crippen molar-refractivity contribution in [3.8, 4) is 5.88 Å². The van der Waals surface area contributed by atoms with E-state index in [1.165, 1.54) is 28.6 Å². The van der Waals surface area contributed by atoms with Crippen molar-refractivity contribution in [2.75, 3.05) is 11.9 Å². The molecule has 1 aromatic heterocycles. The van der Waals surface area contributed by atoms with Crippen LogP contribution in [0, 0.1) is 0 Å². The molecule has 0 bridgehead atoms. The first-order chi connectivity index (χ1) is 14.7. The maximum atomic E-state index is 11.2. The minimum absolute atomic E-state index is 0.0813. The minimum atomic E-state index is -0.482. The molecule has 0 fully saturated rings. The molecule has 154 valence electrons. The van der Waals surface area contributed by atoms with Gasteiger partial charge in [-0.05, 0) is 54.5 Å². The Hall–Kier alpha value is -3.34. The number of nitrogens with one attached hydrogen (secondary N) is 1. The fourth-order valence-corrected chi connectivity index (χ4v) is 3.97. The van der Waals surface area contributed by atoms with Crippen LogP contribution in [0.25, 0.3) is 0 Å². The Morgan fingerprint density at radius 1 is 1.10 bits per heavy atom. The summed E-state index contributed by atoms with van der Waals surface area (Å²) in [5.74, 6) is 0.0492. The zero-order valence-corrected chi connectivity index (χ0v) is 17.0. The molecule has 0 saturated heterocycles. The third-order valence-corrected chi connectivity index (χ3v) is 5.55. The highest BCUT2D eigenvalue weighted by Gasteiger charge is 2.22. The van der Waals surface area contributed by atoms with Gasteiger partial charge in [0, 0.05) is 30.9 Å². The summed E-state index contributed by atoms with van der Waals surface area (Å²) in [6.45, 7) is 0.960. The Morgan fingerprint density at radius 3 is 2.73 bits per heavy atom. The average molecular weight is 402 g/mol. The van der Waals surface area contributed by atoms with Crippen molar-refractivity contribution in [2.24, 2.45) is 5.73 Å². The fraction of sp³-hybridized carbons (Fsp3) is 0.280. The zero-order chi connectivity index (χ0) is 20.8. The van der Waals surface area contributed by atoms with Gasteiger partial charge in [0.2, 0.25) is 11.8 Å². The molecule has 30 heavy (non-hydrogen) atoms. The highest BCUT2D eigenvalue weighted by molar-refractivity contribution is 5.92. The van der Waals surface area contributed by atoms with Crippen LogP contribution < -0.4 is 15.8 Å². The minimum Gasteiger partial charge on any atom is -0.474 e. The Balaban J connectivity index is 1.32. The Bertz CT molecular complexity index is 987. The highest BCUT2D eigenvalue weighted by atomic mass is 16.5. The van der Waals surface area contributed by atoms with E-state index in [-0.39, 0.29) is 6.10 Å². The van der Waals surface area contributed by atoms with Crippen molar-refractivity contribution in [2.45, 2.75) is 38.2 Å². The van der Waals surface area contributed by atoms with Crippen LogP contribution >= 0.6 is 0 Å². The molecule has 0 saturated carbocycles. The molecular formula is C25H27N3O2. The topological polar surface area (TPSA) is 77.2 Å². The molecule has 1 atom stereocenters. The summed E-state index contributed by atoms with van der Waals surface area (Å²) in [6.07, 6.45) is 6.50. The van der Waals surface area contributed by atoms with E-state index < -0.39 is 5.91 Å². The number of nitrogens with zero attached hydrogens (tertiary/aromatic N) is 1. The molecule has 0 spiro atoms. The van der Waals surface area contributed by atoms with Gasteiger partial charge in [-0.15, -0.1) is 0 Å². The van der Waals surface area contributed by atoms with E-state index in [0.29, 0.717) is 11.4 Å². The lowest BCUT2D eigenvalue weighted by atomic mass is 9.88. The third-order valence-electron chi connectivity index (χ3n) is 5.55. The fourth-order valence-electron chi connectivity index (χ4n) is 3.97. The van der Waals surface area contributed by atoms with Crippen molar-refractivity contribution in [3.05, 3.63) is 89.1 Å². The molecule has 2 aromatic carbocycles. The standard InChI is InChI=1S/C25H27N3O2/c26-25(29)20-11-14-24(28-17-20)30-21-12-13-22-19(16-21)9-4-10-23(22)27-15-5-8-18-6-2-1-3-7-18/h1-4,6-7,9-11,14,17,21,27H,5,8,12-13,15-16H2,(H2,26,29). The summed E-state index contributed by atoms with van der Waals surface area (Å²) >= 11 is 0. The van der Waals surface area contributed by atoms with Crippen molar-refractivity contribution < 1.29 is 9.53 Å². The molecule has 1 amide bonds. The average Bonchev–Trinajstić information content (AvgIpc) is 2.78. The first kappa shape index (κ1) is 20.0. The van der Waals surface area contributed by atoms with Gasteiger partial charge < -0.3 is 15.8 Å². The number of amides is 1. The smallest absolute Gasteiger partial charge is 0.250 e. The lowest BCUT2D eigenvalue weighted by Crippen LogP contribution is -2.26. The molecule has 4 rings (SSSR count). The molecule has 5 nitrogen and oxygen atoms in total. The number of ether oxygens (including phenoxy) is 1. The maximum absolute atomic E-state index is 11.2. The molecule has 1 aliphatic rings. The van der Waals surface area contributed by atoms with Gasteiger partial charge in [-0.25, -0.2) is 4.98 Å². The maximum Gasteiger partial charge on any atom is 0.250 e. The van der Waals surface area contributed by atoms with Crippen LogP contribution in [0.4, 0.5) is 5.69 Å². The molecule has 3 aromatic rings. The summed E-state index contributed by atoms with van der Waals surface area (Å²) in [5.41, 5.74) is 11.0. The van der Waals surface area contributed by atoms with Gasteiger partial charge in [0.1, 0.15) is 6.10 Å². The number of rotatable bonds is 8. The van der Waals surface area contributed by atoms with Crippen LogP contribution in [-0.4, -0.2) is 23.5 Å². The summed E-state index contributed by atoms with van der Waals surface area (Å²) < 4.78 is 6.05. The van der Waals surface area contributed by atoms with E-state index in [1.807, 2.05) is 0 Å². The number of pyridine rings is 1. The molecule has 1 unspecified atom stereocenters. The van der Waals surface area contributed by atoms with E-state index >= 15 is 0 Å². The van der Waals surface area contributed by atoms with E-state index in [4.69, 9.17) is 10.5 Å². The van der Waals surface area contributed by atoms with E-state index in [0.717, 1.165) is 38.6 Å². The van der Waals surface area contributed by atoms with Crippen LogP contribution in [0.5, 0.6) is 5.88 Å². The molecule has 0 aliphatic heterocycles. The SMILES string of the molecule is NC(=O)c1ccc(OC2CCc3c(cccc3NCCCc3ccccc3)C2)nc1. The lowest BCUT2D eigenvalue weighted by Gasteiger charge is -2.27. The van der Waals surface area contributed by atoms with Crippen molar-refractivity contribution in [3.63, 3.8) is 0 Å². The van der Waals surface area contributed by atoms with E-state index in [2.05, 4.69) is 58.8 Å². The first-order valence-electron chi connectivity index (χ1n) is 10.5. The Morgan fingerprint density at radius 2 is 1.97 bits per heavy atom. The molecule has 3 N–H and O–H groups in total.